The highest BCUT2D eigenvalue weighted by atomic mass is 16.3. The molecule has 1 N–H and O–H groups in total. The van der Waals surface area contributed by atoms with Crippen LogP contribution in [0.3, 0.4) is 0 Å². The summed E-state index contributed by atoms with van der Waals surface area (Å²) in [5, 5.41) is 9.42. The molecule has 0 saturated carbocycles. The van der Waals surface area contributed by atoms with Gasteiger partial charge in [0, 0.05) is 0 Å². The Morgan fingerprint density at radius 1 is 1.25 bits per heavy atom. The highest BCUT2D eigenvalue weighted by Crippen LogP contribution is 2.23. The molecule has 1 unspecified atom stereocenters. The molecule has 1 aliphatic rings. The van der Waals surface area contributed by atoms with Crippen molar-refractivity contribution in [2.75, 3.05) is 0 Å². The van der Waals surface area contributed by atoms with Gasteiger partial charge in [-0.15, -0.1) is 0 Å². The third-order valence-corrected chi connectivity index (χ3v) is 3.27. The van der Waals surface area contributed by atoms with Crippen LogP contribution in [0, 0.1) is 0 Å². The van der Waals surface area contributed by atoms with Gasteiger partial charge in [0.1, 0.15) is 0 Å². The van der Waals surface area contributed by atoms with Crippen LogP contribution < -0.4 is 0 Å². The van der Waals surface area contributed by atoms with Gasteiger partial charge in [-0.05, 0) is 36.3 Å². The molecule has 0 heterocycles. The van der Waals surface area contributed by atoms with Crippen LogP contribution in [-0.4, -0.2) is 11.2 Å². The summed E-state index contributed by atoms with van der Waals surface area (Å²) in [6, 6.07) is 8.85. The number of aliphatic hydroxyl groups is 1. The maximum Gasteiger partial charge on any atom is 0.0726 e. The van der Waals surface area contributed by atoms with Crippen molar-refractivity contribution in [3.8, 4) is 0 Å². The van der Waals surface area contributed by atoms with Gasteiger partial charge in [-0.25, -0.2) is 0 Å². The van der Waals surface area contributed by atoms with E-state index in [0.29, 0.717) is 5.92 Å². The molecule has 0 fully saturated rings. The van der Waals surface area contributed by atoms with Crippen molar-refractivity contribution in [1.29, 1.82) is 0 Å². The zero-order valence-corrected chi connectivity index (χ0v) is 10.1. The van der Waals surface area contributed by atoms with Crippen LogP contribution in [0.25, 0.3) is 0 Å². The second kappa shape index (κ2) is 4.84. The van der Waals surface area contributed by atoms with E-state index in [-0.39, 0.29) is 6.10 Å². The summed E-state index contributed by atoms with van der Waals surface area (Å²) < 4.78 is 0. The van der Waals surface area contributed by atoms with Gasteiger partial charge in [-0.2, -0.15) is 0 Å². The Bertz CT molecular complexity index is 373. The SMILES string of the molecule is CC(C)c1ccc(CC2=CC(O)CC2)cc1. The molecule has 0 aromatic heterocycles. The fourth-order valence-corrected chi connectivity index (χ4v) is 2.20. The fourth-order valence-electron chi connectivity index (χ4n) is 2.20. The third kappa shape index (κ3) is 2.73. The molecule has 1 atom stereocenters. The molecule has 1 aromatic carbocycles. The topological polar surface area (TPSA) is 20.2 Å². The Morgan fingerprint density at radius 2 is 1.94 bits per heavy atom. The smallest absolute Gasteiger partial charge is 0.0726 e. The average Bonchev–Trinajstić information content (AvgIpc) is 2.65. The van der Waals surface area contributed by atoms with E-state index in [1.807, 2.05) is 6.08 Å². The molecule has 86 valence electrons. The maximum atomic E-state index is 9.42. The summed E-state index contributed by atoms with van der Waals surface area (Å²) in [5.41, 5.74) is 4.12. The number of hydrogen-bond donors (Lipinski definition) is 1. The molecule has 1 aliphatic carbocycles. The molecule has 1 aromatic rings. The van der Waals surface area contributed by atoms with Gasteiger partial charge in [0.15, 0.2) is 0 Å². The zero-order valence-electron chi connectivity index (χ0n) is 10.1. The predicted octanol–water partition coefficient (Wildman–Crippen LogP) is 3.43. The van der Waals surface area contributed by atoms with Gasteiger partial charge in [0.05, 0.1) is 6.10 Å². The van der Waals surface area contributed by atoms with Crippen molar-refractivity contribution in [2.45, 2.75) is 45.1 Å². The minimum Gasteiger partial charge on any atom is -0.389 e. The monoisotopic (exact) mass is 216 g/mol. The second-order valence-corrected chi connectivity index (χ2v) is 5.00. The third-order valence-electron chi connectivity index (χ3n) is 3.27. The van der Waals surface area contributed by atoms with E-state index in [0.717, 1.165) is 19.3 Å². The molecule has 2 rings (SSSR count). The lowest BCUT2D eigenvalue weighted by Crippen LogP contribution is -1.93. The Balaban J connectivity index is 2.03. The summed E-state index contributed by atoms with van der Waals surface area (Å²) in [7, 11) is 0. The van der Waals surface area contributed by atoms with E-state index in [1.54, 1.807) is 0 Å². The first-order valence-corrected chi connectivity index (χ1v) is 6.11. The van der Waals surface area contributed by atoms with Crippen molar-refractivity contribution in [1.82, 2.24) is 0 Å². The fraction of sp³-hybridized carbons (Fsp3) is 0.467. The van der Waals surface area contributed by atoms with Gasteiger partial charge >= 0.3 is 0 Å². The van der Waals surface area contributed by atoms with E-state index < -0.39 is 0 Å². The predicted molar refractivity (Wildman–Crippen MR) is 67.6 cm³/mol. The lowest BCUT2D eigenvalue weighted by atomic mass is 9.99. The minimum atomic E-state index is -0.204. The van der Waals surface area contributed by atoms with Crippen LogP contribution in [-0.2, 0) is 6.42 Å². The van der Waals surface area contributed by atoms with Crippen LogP contribution in [0.5, 0.6) is 0 Å². The molecule has 0 spiro atoms. The molecule has 0 bridgehead atoms. The Kier molecular flexibility index (Phi) is 3.45. The van der Waals surface area contributed by atoms with E-state index in [1.165, 1.54) is 16.7 Å². The highest BCUT2D eigenvalue weighted by Gasteiger charge is 2.12. The van der Waals surface area contributed by atoms with Crippen molar-refractivity contribution >= 4 is 0 Å². The van der Waals surface area contributed by atoms with Gasteiger partial charge in [-0.1, -0.05) is 49.8 Å². The summed E-state index contributed by atoms with van der Waals surface area (Å²) in [6.45, 7) is 4.43. The van der Waals surface area contributed by atoms with E-state index >= 15 is 0 Å². The summed E-state index contributed by atoms with van der Waals surface area (Å²) >= 11 is 0. The Morgan fingerprint density at radius 3 is 2.44 bits per heavy atom. The quantitative estimate of drug-likeness (QED) is 0.767. The van der Waals surface area contributed by atoms with Crippen LogP contribution in [0.1, 0.15) is 43.7 Å². The van der Waals surface area contributed by atoms with Gasteiger partial charge in [-0.3, -0.25) is 0 Å². The van der Waals surface area contributed by atoms with E-state index in [9.17, 15) is 5.11 Å². The molecule has 0 saturated heterocycles. The number of aliphatic hydroxyl groups excluding tert-OH is 1. The first kappa shape index (κ1) is 11.4. The van der Waals surface area contributed by atoms with Crippen molar-refractivity contribution in [2.24, 2.45) is 0 Å². The van der Waals surface area contributed by atoms with Crippen molar-refractivity contribution < 1.29 is 5.11 Å². The van der Waals surface area contributed by atoms with Crippen LogP contribution in [0.2, 0.25) is 0 Å². The van der Waals surface area contributed by atoms with Crippen LogP contribution >= 0.6 is 0 Å². The van der Waals surface area contributed by atoms with Gasteiger partial charge in [0.25, 0.3) is 0 Å². The largest absolute Gasteiger partial charge is 0.389 e. The van der Waals surface area contributed by atoms with Crippen molar-refractivity contribution in [3.63, 3.8) is 0 Å². The van der Waals surface area contributed by atoms with Crippen LogP contribution in [0.4, 0.5) is 0 Å². The number of rotatable bonds is 3. The van der Waals surface area contributed by atoms with E-state index in [2.05, 4.69) is 38.1 Å². The molecular formula is C15H20O. The zero-order chi connectivity index (χ0) is 11.5. The number of benzene rings is 1. The van der Waals surface area contributed by atoms with Crippen LogP contribution in [0.15, 0.2) is 35.9 Å². The van der Waals surface area contributed by atoms with Gasteiger partial charge < -0.3 is 5.11 Å². The molecule has 16 heavy (non-hydrogen) atoms. The molecule has 1 heteroatoms. The van der Waals surface area contributed by atoms with E-state index in [4.69, 9.17) is 0 Å². The molecule has 1 nitrogen and oxygen atoms in total. The highest BCUT2D eigenvalue weighted by molar-refractivity contribution is 5.29. The maximum absolute atomic E-state index is 9.42. The second-order valence-electron chi connectivity index (χ2n) is 5.00. The summed E-state index contributed by atoms with van der Waals surface area (Å²) in [5.74, 6) is 0.599. The summed E-state index contributed by atoms with van der Waals surface area (Å²) in [6.07, 6.45) is 4.75. The standard InChI is InChI=1S/C15H20O/c1-11(2)14-6-3-12(4-7-14)9-13-5-8-15(16)10-13/h3-4,6-7,10-11,15-16H,5,8-9H2,1-2H3. The molecule has 0 amide bonds. The lowest BCUT2D eigenvalue weighted by molar-refractivity contribution is 0.223. The Hall–Kier alpha value is -1.08. The molecule has 0 radical (unpaired) electrons. The first-order chi connectivity index (χ1) is 7.65. The normalized spacial score (nSPS) is 20.2. The number of hydrogen-bond acceptors (Lipinski definition) is 1. The molecular weight excluding hydrogens is 196 g/mol. The minimum absolute atomic E-state index is 0.204. The summed E-state index contributed by atoms with van der Waals surface area (Å²) in [4.78, 5) is 0. The van der Waals surface area contributed by atoms with Crippen molar-refractivity contribution in [3.05, 3.63) is 47.0 Å². The van der Waals surface area contributed by atoms with Gasteiger partial charge in [0.2, 0.25) is 0 Å². The average molecular weight is 216 g/mol. The number of allylic oxidation sites excluding steroid dienone is 1. The lowest BCUT2D eigenvalue weighted by Gasteiger charge is -2.07. The molecule has 0 aliphatic heterocycles. The first-order valence-electron chi connectivity index (χ1n) is 6.11. The Labute approximate surface area is 97.8 Å².